The molecule has 1 aromatic rings. The molecular formula is C17H26N2O2. The SMILES string of the molecule is CCCCOc1ccc(C(=O)N(C)CC2CCCN2)cc1. The first-order chi connectivity index (χ1) is 10.2. The van der Waals surface area contributed by atoms with Crippen molar-refractivity contribution in [3.8, 4) is 5.75 Å². The summed E-state index contributed by atoms with van der Waals surface area (Å²) in [6, 6.07) is 7.90. The Morgan fingerprint density at radius 1 is 1.38 bits per heavy atom. The molecule has 0 saturated carbocycles. The zero-order valence-corrected chi connectivity index (χ0v) is 13.1. The van der Waals surface area contributed by atoms with E-state index in [4.69, 9.17) is 4.74 Å². The van der Waals surface area contributed by atoms with Crippen molar-refractivity contribution in [2.45, 2.75) is 38.6 Å². The molecule has 0 aliphatic carbocycles. The first-order valence-corrected chi connectivity index (χ1v) is 7.92. The van der Waals surface area contributed by atoms with Gasteiger partial charge in [0.05, 0.1) is 6.61 Å². The van der Waals surface area contributed by atoms with Crippen molar-refractivity contribution in [3.05, 3.63) is 29.8 Å². The fourth-order valence-electron chi connectivity index (χ4n) is 2.57. The lowest BCUT2D eigenvalue weighted by Crippen LogP contribution is -2.38. The lowest BCUT2D eigenvalue weighted by atomic mass is 10.1. The quantitative estimate of drug-likeness (QED) is 0.785. The number of amides is 1. The molecule has 1 amide bonds. The van der Waals surface area contributed by atoms with Gasteiger partial charge in [-0.3, -0.25) is 4.79 Å². The number of carbonyl (C=O) groups is 1. The molecule has 21 heavy (non-hydrogen) atoms. The first-order valence-electron chi connectivity index (χ1n) is 7.92. The second kappa shape index (κ2) is 8.03. The molecule has 2 rings (SSSR count). The maximum absolute atomic E-state index is 12.4. The van der Waals surface area contributed by atoms with E-state index >= 15 is 0 Å². The smallest absolute Gasteiger partial charge is 0.253 e. The number of hydrogen-bond donors (Lipinski definition) is 1. The van der Waals surface area contributed by atoms with Gasteiger partial charge < -0.3 is 15.0 Å². The number of nitrogens with one attached hydrogen (secondary N) is 1. The third kappa shape index (κ3) is 4.74. The van der Waals surface area contributed by atoms with Gasteiger partial charge in [0.15, 0.2) is 0 Å². The number of unbranched alkanes of at least 4 members (excludes halogenated alkanes) is 1. The molecule has 0 bridgehead atoms. The Morgan fingerprint density at radius 2 is 2.14 bits per heavy atom. The number of ether oxygens (including phenoxy) is 1. The van der Waals surface area contributed by atoms with Crippen LogP contribution in [0, 0.1) is 0 Å². The molecule has 116 valence electrons. The molecule has 0 aromatic heterocycles. The molecule has 1 aliphatic heterocycles. The summed E-state index contributed by atoms with van der Waals surface area (Å²) >= 11 is 0. The Morgan fingerprint density at radius 3 is 2.76 bits per heavy atom. The van der Waals surface area contributed by atoms with E-state index in [2.05, 4.69) is 12.2 Å². The second-order valence-corrected chi connectivity index (χ2v) is 5.71. The molecule has 1 N–H and O–H groups in total. The van der Waals surface area contributed by atoms with Crippen LogP contribution in [0.3, 0.4) is 0 Å². The van der Waals surface area contributed by atoms with Gasteiger partial charge in [-0.25, -0.2) is 0 Å². The van der Waals surface area contributed by atoms with E-state index in [1.807, 2.05) is 31.3 Å². The van der Waals surface area contributed by atoms with Crippen LogP contribution in [-0.4, -0.2) is 43.6 Å². The summed E-state index contributed by atoms with van der Waals surface area (Å²) in [6.45, 7) is 4.71. The molecule has 4 nitrogen and oxygen atoms in total. The Kier molecular flexibility index (Phi) is 6.05. The van der Waals surface area contributed by atoms with Crippen molar-refractivity contribution in [3.63, 3.8) is 0 Å². The van der Waals surface area contributed by atoms with Crippen molar-refractivity contribution < 1.29 is 9.53 Å². The van der Waals surface area contributed by atoms with Crippen molar-refractivity contribution in [2.75, 3.05) is 26.7 Å². The minimum absolute atomic E-state index is 0.0730. The van der Waals surface area contributed by atoms with E-state index in [0.717, 1.165) is 50.3 Å². The fourth-order valence-corrected chi connectivity index (χ4v) is 2.57. The second-order valence-electron chi connectivity index (χ2n) is 5.71. The lowest BCUT2D eigenvalue weighted by Gasteiger charge is -2.21. The van der Waals surface area contributed by atoms with Gasteiger partial charge in [0, 0.05) is 25.2 Å². The summed E-state index contributed by atoms with van der Waals surface area (Å²) in [5.41, 5.74) is 0.721. The van der Waals surface area contributed by atoms with Gasteiger partial charge in [0.25, 0.3) is 5.91 Å². The molecular weight excluding hydrogens is 264 g/mol. The first kappa shape index (κ1) is 15.8. The predicted octanol–water partition coefficient (Wildman–Crippen LogP) is 2.69. The van der Waals surface area contributed by atoms with E-state index < -0.39 is 0 Å². The van der Waals surface area contributed by atoms with Crippen molar-refractivity contribution in [1.82, 2.24) is 10.2 Å². The number of likely N-dealkylation sites (N-methyl/N-ethyl adjacent to an activating group) is 1. The van der Waals surface area contributed by atoms with Gasteiger partial charge >= 0.3 is 0 Å². The van der Waals surface area contributed by atoms with Crippen molar-refractivity contribution >= 4 is 5.91 Å². The Hall–Kier alpha value is -1.55. The summed E-state index contributed by atoms with van der Waals surface area (Å²) in [5, 5.41) is 3.42. The molecule has 1 heterocycles. The third-order valence-electron chi connectivity index (χ3n) is 3.87. The van der Waals surface area contributed by atoms with Crippen LogP contribution in [0.1, 0.15) is 43.0 Å². The molecule has 1 fully saturated rings. The molecule has 1 saturated heterocycles. The minimum atomic E-state index is 0.0730. The number of rotatable bonds is 7. The van der Waals surface area contributed by atoms with Gasteiger partial charge in [0.2, 0.25) is 0 Å². The highest BCUT2D eigenvalue weighted by atomic mass is 16.5. The normalized spacial score (nSPS) is 17.7. The summed E-state index contributed by atoms with van der Waals surface area (Å²) in [7, 11) is 1.87. The standard InChI is InChI=1S/C17H26N2O2/c1-3-4-12-21-16-9-7-14(8-10-16)17(20)19(2)13-15-6-5-11-18-15/h7-10,15,18H,3-6,11-13H2,1-2H3. The summed E-state index contributed by atoms with van der Waals surface area (Å²) in [4.78, 5) is 14.2. The van der Waals surface area contributed by atoms with Gasteiger partial charge in [-0.2, -0.15) is 0 Å². The number of benzene rings is 1. The maximum atomic E-state index is 12.4. The van der Waals surface area contributed by atoms with Crippen LogP contribution >= 0.6 is 0 Å². The van der Waals surface area contributed by atoms with E-state index in [1.165, 1.54) is 6.42 Å². The van der Waals surface area contributed by atoms with Gasteiger partial charge in [0.1, 0.15) is 5.75 Å². The van der Waals surface area contributed by atoms with E-state index in [-0.39, 0.29) is 5.91 Å². The Bertz CT molecular complexity index is 439. The van der Waals surface area contributed by atoms with Crippen LogP contribution in [0.15, 0.2) is 24.3 Å². The number of nitrogens with zero attached hydrogens (tertiary/aromatic N) is 1. The molecule has 1 aromatic carbocycles. The van der Waals surface area contributed by atoms with Gasteiger partial charge in [-0.15, -0.1) is 0 Å². The minimum Gasteiger partial charge on any atom is -0.494 e. The van der Waals surface area contributed by atoms with Crippen LogP contribution in [0.4, 0.5) is 0 Å². The highest BCUT2D eigenvalue weighted by Gasteiger charge is 2.19. The summed E-state index contributed by atoms with van der Waals surface area (Å²) in [5.74, 6) is 0.906. The lowest BCUT2D eigenvalue weighted by molar-refractivity contribution is 0.0784. The predicted molar refractivity (Wildman–Crippen MR) is 84.8 cm³/mol. The van der Waals surface area contributed by atoms with Crippen LogP contribution in [0.5, 0.6) is 5.75 Å². The maximum Gasteiger partial charge on any atom is 0.253 e. The van der Waals surface area contributed by atoms with Crippen LogP contribution in [-0.2, 0) is 0 Å². The zero-order valence-electron chi connectivity index (χ0n) is 13.1. The average Bonchev–Trinajstić information content (AvgIpc) is 3.00. The van der Waals surface area contributed by atoms with E-state index in [0.29, 0.717) is 6.04 Å². The van der Waals surface area contributed by atoms with Crippen LogP contribution in [0.2, 0.25) is 0 Å². The number of carbonyl (C=O) groups excluding carboxylic acids is 1. The summed E-state index contributed by atoms with van der Waals surface area (Å²) in [6.07, 6.45) is 4.53. The highest BCUT2D eigenvalue weighted by Crippen LogP contribution is 2.15. The van der Waals surface area contributed by atoms with Crippen molar-refractivity contribution in [2.24, 2.45) is 0 Å². The topological polar surface area (TPSA) is 41.6 Å². The molecule has 1 unspecified atom stereocenters. The Labute approximate surface area is 127 Å². The molecule has 4 heteroatoms. The number of hydrogen-bond acceptors (Lipinski definition) is 3. The van der Waals surface area contributed by atoms with Gasteiger partial charge in [-0.1, -0.05) is 13.3 Å². The fraction of sp³-hybridized carbons (Fsp3) is 0.588. The van der Waals surface area contributed by atoms with E-state index in [9.17, 15) is 4.79 Å². The van der Waals surface area contributed by atoms with Crippen molar-refractivity contribution in [1.29, 1.82) is 0 Å². The average molecular weight is 290 g/mol. The third-order valence-corrected chi connectivity index (χ3v) is 3.87. The highest BCUT2D eigenvalue weighted by molar-refractivity contribution is 5.94. The molecule has 0 spiro atoms. The van der Waals surface area contributed by atoms with E-state index in [1.54, 1.807) is 4.90 Å². The van der Waals surface area contributed by atoms with Crippen LogP contribution < -0.4 is 10.1 Å². The largest absolute Gasteiger partial charge is 0.494 e. The van der Waals surface area contributed by atoms with Crippen LogP contribution in [0.25, 0.3) is 0 Å². The Balaban J connectivity index is 1.86. The molecule has 0 radical (unpaired) electrons. The monoisotopic (exact) mass is 290 g/mol. The zero-order chi connectivity index (χ0) is 15.1. The summed E-state index contributed by atoms with van der Waals surface area (Å²) < 4.78 is 5.61. The van der Waals surface area contributed by atoms with Gasteiger partial charge in [-0.05, 0) is 50.1 Å². The molecule has 1 atom stereocenters. The molecule has 1 aliphatic rings.